The molecular weight excluding hydrogens is 570 g/mol. The maximum atomic E-state index is 13.1. The number of aliphatic hydroxyl groups is 1. The number of nitrogens with one attached hydrogen (secondary N) is 3. The Morgan fingerprint density at radius 3 is 2.22 bits per heavy atom. The van der Waals surface area contributed by atoms with Crippen LogP contribution in [0.3, 0.4) is 0 Å². The van der Waals surface area contributed by atoms with E-state index in [0.717, 1.165) is 0 Å². The topological polar surface area (TPSA) is 179 Å². The van der Waals surface area contributed by atoms with Gasteiger partial charge in [-0.1, -0.05) is 20.8 Å². The minimum absolute atomic E-state index is 0.0300. The van der Waals surface area contributed by atoms with E-state index in [2.05, 4.69) is 20.9 Å². The van der Waals surface area contributed by atoms with Crippen molar-refractivity contribution < 1.29 is 38.6 Å². The van der Waals surface area contributed by atoms with Crippen molar-refractivity contribution in [3.05, 3.63) is 11.1 Å². The first kappa shape index (κ1) is 34.4. The molecule has 15 heteroatoms. The fourth-order valence-electron chi connectivity index (χ4n) is 3.58. The molecule has 2 rings (SSSR count). The van der Waals surface area contributed by atoms with E-state index < -0.39 is 56.5 Å². The molecule has 2 heterocycles. The van der Waals surface area contributed by atoms with Gasteiger partial charge >= 0.3 is 12.1 Å². The van der Waals surface area contributed by atoms with Gasteiger partial charge in [0.05, 0.1) is 13.2 Å². The van der Waals surface area contributed by atoms with Crippen molar-refractivity contribution in [3.8, 4) is 0 Å². The second kappa shape index (κ2) is 13.9. The highest BCUT2D eigenvalue weighted by Gasteiger charge is 2.39. The van der Waals surface area contributed by atoms with Gasteiger partial charge in [0.25, 0.3) is 5.91 Å². The lowest BCUT2D eigenvalue weighted by Crippen LogP contribution is -2.56. The predicted octanol–water partition coefficient (Wildman–Crippen LogP) is 2.32. The largest absolute Gasteiger partial charge is 0.480 e. The SMILES string of the molecule is CC(C)(C)OC(=O)NC1CCN(c2nc(C(=O)N[C@@H](CO[Si](C)(C)C(C)(C)C)C(=O)N[C@@H](CO)C(=O)O)cs2)CC1. The number of ether oxygens (including phenoxy) is 1. The lowest BCUT2D eigenvalue weighted by molar-refractivity contribution is -0.143. The van der Waals surface area contributed by atoms with Crippen LogP contribution in [-0.2, 0) is 18.8 Å². The third-order valence-corrected chi connectivity index (χ3v) is 12.4. The summed E-state index contributed by atoms with van der Waals surface area (Å²) in [6, 6.07) is -2.75. The molecule has 1 saturated heterocycles. The number of aromatic nitrogens is 1. The number of aliphatic hydroxyl groups excluding tert-OH is 1. The molecule has 1 aliphatic heterocycles. The predicted molar refractivity (Wildman–Crippen MR) is 158 cm³/mol. The number of alkyl carbamates (subject to hydrolysis) is 1. The van der Waals surface area contributed by atoms with Gasteiger partial charge in [-0.3, -0.25) is 9.59 Å². The number of amides is 3. The molecule has 0 aromatic carbocycles. The monoisotopic (exact) mass is 615 g/mol. The summed E-state index contributed by atoms with van der Waals surface area (Å²) in [7, 11) is -2.31. The molecule has 13 nitrogen and oxygen atoms in total. The quantitative estimate of drug-likeness (QED) is 0.232. The zero-order chi connectivity index (χ0) is 31.2. The molecule has 1 aromatic rings. The summed E-state index contributed by atoms with van der Waals surface area (Å²) >= 11 is 1.29. The van der Waals surface area contributed by atoms with E-state index in [9.17, 15) is 29.4 Å². The van der Waals surface area contributed by atoms with Crippen LogP contribution in [0, 0.1) is 0 Å². The molecule has 0 saturated carbocycles. The lowest BCUT2D eigenvalue weighted by Gasteiger charge is -2.37. The van der Waals surface area contributed by atoms with Crippen molar-refractivity contribution in [3.63, 3.8) is 0 Å². The number of nitrogens with zero attached hydrogens (tertiary/aromatic N) is 2. The molecule has 0 unspecified atom stereocenters. The van der Waals surface area contributed by atoms with Crippen LogP contribution >= 0.6 is 11.3 Å². The van der Waals surface area contributed by atoms with Gasteiger partial charge in [-0.25, -0.2) is 14.6 Å². The number of aliphatic carboxylic acids is 1. The van der Waals surface area contributed by atoms with Gasteiger partial charge in [-0.2, -0.15) is 0 Å². The maximum absolute atomic E-state index is 13.1. The van der Waals surface area contributed by atoms with Crippen LogP contribution in [0.2, 0.25) is 18.1 Å². The van der Waals surface area contributed by atoms with Crippen molar-refractivity contribution in [1.82, 2.24) is 20.9 Å². The Bertz CT molecular complexity index is 1080. The van der Waals surface area contributed by atoms with Gasteiger partial charge in [0.1, 0.15) is 23.4 Å². The minimum atomic E-state index is -2.31. The lowest BCUT2D eigenvalue weighted by atomic mass is 10.1. The Labute approximate surface area is 246 Å². The highest BCUT2D eigenvalue weighted by Crippen LogP contribution is 2.36. The summed E-state index contributed by atoms with van der Waals surface area (Å²) in [6.07, 6.45) is 0.917. The molecule has 1 fully saturated rings. The van der Waals surface area contributed by atoms with Crippen molar-refractivity contribution in [2.24, 2.45) is 0 Å². The molecule has 2 atom stereocenters. The number of carbonyl (C=O) groups excluding carboxylic acids is 3. The van der Waals surface area contributed by atoms with Crippen LogP contribution in [0.5, 0.6) is 0 Å². The molecule has 1 aromatic heterocycles. The number of rotatable bonds is 11. The first-order valence-electron chi connectivity index (χ1n) is 13.6. The summed E-state index contributed by atoms with van der Waals surface area (Å²) in [6.45, 7) is 15.8. The van der Waals surface area contributed by atoms with Crippen LogP contribution in [0.1, 0.15) is 64.9 Å². The standard InChI is InChI=1S/C26H45N5O8SSi/c1-25(2,3)39-24(37)27-16-9-11-31(12-10-16)23-30-19(15-40-23)21(34)29-18(14-38-41(7,8)26(4,5)6)20(33)28-17(13-32)22(35)36/h15-18,32H,9-14H2,1-8H3,(H,27,37)(H,28,33)(H,29,34)(H,35,36)/t17-,18-/m0/s1. The second-order valence-corrected chi connectivity index (χ2v) is 18.2. The number of piperidine rings is 1. The fraction of sp³-hybridized carbons (Fsp3) is 0.731. The van der Waals surface area contributed by atoms with Gasteiger partial charge in [-0.05, 0) is 51.7 Å². The van der Waals surface area contributed by atoms with Crippen molar-refractivity contribution in [2.75, 3.05) is 31.2 Å². The zero-order valence-electron chi connectivity index (χ0n) is 25.2. The molecule has 0 spiro atoms. The molecule has 5 N–H and O–H groups in total. The Morgan fingerprint density at radius 1 is 1.10 bits per heavy atom. The number of anilines is 1. The molecule has 0 bridgehead atoms. The number of hydrogen-bond acceptors (Lipinski definition) is 10. The number of carbonyl (C=O) groups is 4. The molecule has 232 valence electrons. The number of carboxylic acids is 1. The summed E-state index contributed by atoms with van der Waals surface area (Å²) < 4.78 is 11.5. The smallest absolute Gasteiger partial charge is 0.407 e. The Balaban J connectivity index is 2.05. The number of carboxylic acid groups (broad SMARTS) is 1. The van der Waals surface area contributed by atoms with Gasteiger partial charge in [0, 0.05) is 24.5 Å². The van der Waals surface area contributed by atoms with E-state index in [1.54, 1.807) is 5.38 Å². The average Bonchev–Trinajstić information content (AvgIpc) is 3.33. The van der Waals surface area contributed by atoms with Crippen molar-refractivity contribution in [1.29, 1.82) is 0 Å². The van der Waals surface area contributed by atoms with Crippen LogP contribution in [0.4, 0.5) is 9.93 Å². The normalized spacial score (nSPS) is 16.5. The highest BCUT2D eigenvalue weighted by atomic mass is 32.1. The van der Waals surface area contributed by atoms with Crippen LogP contribution in [-0.4, -0.2) is 97.4 Å². The molecule has 0 radical (unpaired) electrons. The van der Waals surface area contributed by atoms with E-state index in [1.807, 2.05) is 59.5 Å². The minimum Gasteiger partial charge on any atom is -0.480 e. The van der Waals surface area contributed by atoms with Crippen molar-refractivity contribution in [2.45, 2.75) is 96.2 Å². The van der Waals surface area contributed by atoms with Crippen LogP contribution < -0.4 is 20.9 Å². The number of hydrogen-bond donors (Lipinski definition) is 5. The molecule has 3 amide bonds. The van der Waals surface area contributed by atoms with Crippen LogP contribution in [0.15, 0.2) is 5.38 Å². The Hall–Kier alpha value is -2.75. The fourth-order valence-corrected chi connectivity index (χ4v) is 5.46. The summed E-state index contributed by atoms with van der Waals surface area (Å²) in [4.78, 5) is 56.0. The van der Waals surface area contributed by atoms with E-state index >= 15 is 0 Å². The first-order valence-corrected chi connectivity index (χ1v) is 17.4. The van der Waals surface area contributed by atoms with Gasteiger partial charge < -0.3 is 40.2 Å². The summed E-state index contributed by atoms with van der Waals surface area (Å²) in [5, 5.41) is 28.4. The first-order chi connectivity index (χ1) is 18.8. The van der Waals surface area contributed by atoms with Gasteiger partial charge in [-0.15, -0.1) is 11.3 Å². The molecule has 1 aliphatic rings. The van der Waals surface area contributed by atoms with E-state index in [4.69, 9.17) is 9.16 Å². The van der Waals surface area contributed by atoms with E-state index in [-0.39, 0.29) is 23.4 Å². The van der Waals surface area contributed by atoms with Gasteiger partial charge in [0.2, 0.25) is 5.91 Å². The highest BCUT2D eigenvalue weighted by molar-refractivity contribution is 7.13. The molecular formula is C26H45N5O8SSi. The average molecular weight is 616 g/mol. The van der Waals surface area contributed by atoms with Crippen molar-refractivity contribution >= 4 is 48.7 Å². The van der Waals surface area contributed by atoms with E-state index in [0.29, 0.717) is 31.1 Å². The van der Waals surface area contributed by atoms with Crippen LogP contribution in [0.25, 0.3) is 0 Å². The Kier molecular flexibility index (Phi) is 11.7. The third-order valence-electron chi connectivity index (χ3n) is 7.05. The third kappa shape index (κ3) is 10.5. The van der Waals surface area contributed by atoms with E-state index in [1.165, 1.54) is 11.3 Å². The zero-order valence-corrected chi connectivity index (χ0v) is 27.0. The second-order valence-electron chi connectivity index (χ2n) is 12.6. The molecule has 0 aliphatic carbocycles. The Morgan fingerprint density at radius 2 is 1.71 bits per heavy atom. The molecule has 41 heavy (non-hydrogen) atoms. The number of thiazole rings is 1. The summed E-state index contributed by atoms with van der Waals surface area (Å²) in [5.41, 5.74) is -0.461. The maximum Gasteiger partial charge on any atom is 0.407 e. The van der Waals surface area contributed by atoms with Gasteiger partial charge in [0.15, 0.2) is 13.4 Å². The summed E-state index contributed by atoms with van der Waals surface area (Å²) in [5.74, 6) is -2.79.